The first kappa shape index (κ1) is 11.4. The summed E-state index contributed by atoms with van der Waals surface area (Å²) in [6.45, 7) is 1.75. The summed E-state index contributed by atoms with van der Waals surface area (Å²) in [6, 6.07) is 5.22. The van der Waals surface area contributed by atoms with Crippen LogP contribution >= 0.6 is 0 Å². The van der Waals surface area contributed by atoms with Crippen molar-refractivity contribution < 1.29 is 14.3 Å². The number of anilines is 1. The topological polar surface area (TPSA) is 93.5 Å². The maximum Gasteiger partial charge on any atom is 0.262 e. The van der Waals surface area contributed by atoms with Crippen molar-refractivity contribution in [3.63, 3.8) is 0 Å². The number of benzene rings is 1. The predicted octanol–water partition coefficient (Wildman–Crippen LogP) is 0.111. The van der Waals surface area contributed by atoms with Gasteiger partial charge in [-0.25, -0.2) is 5.84 Å². The lowest BCUT2D eigenvalue weighted by atomic mass is 9.99. The van der Waals surface area contributed by atoms with E-state index in [9.17, 15) is 9.59 Å². The van der Waals surface area contributed by atoms with E-state index in [2.05, 4.69) is 10.7 Å². The van der Waals surface area contributed by atoms with E-state index in [1.165, 1.54) is 0 Å². The molecule has 0 spiro atoms. The van der Waals surface area contributed by atoms with Gasteiger partial charge in [0.05, 0.1) is 11.6 Å². The van der Waals surface area contributed by atoms with Gasteiger partial charge in [0.25, 0.3) is 5.91 Å². The number of carbonyl (C=O) groups is 2. The Kier molecular flexibility index (Phi) is 2.97. The van der Waals surface area contributed by atoms with Gasteiger partial charge in [0, 0.05) is 0 Å². The highest BCUT2D eigenvalue weighted by molar-refractivity contribution is 5.95. The average molecular weight is 235 g/mol. The average Bonchev–Trinajstić information content (AvgIpc) is 2.36. The molecule has 0 saturated heterocycles. The minimum absolute atomic E-state index is 0.0190. The van der Waals surface area contributed by atoms with Gasteiger partial charge in [-0.2, -0.15) is 0 Å². The van der Waals surface area contributed by atoms with E-state index in [0.29, 0.717) is 11.4 Å². The molecule has 0 aliphatic carbocycles. The van der Waals surface area contributed by atoms with Crippen molar-refractivity contribution in [2.45, 2.75) is 12.8 Å². The Bertz CT molecular complexity index is 473. The number of carbonyl (C=O) groups excluding carboxylic acids is 2. The van der Waals surface area contributed by atoms with Crippen molar-refractivity contribution in [2.24, 2.45) is 5.84 Å². The van der Waals surface area contributed by atoms with Gasteiger partial charge < -0.3 is 10.1 Å². The van der Waals surface area contributed by atoms with Gasteiger partial charge in [0.1, 0.15) is 5.75 Å². The first-order chi connectivity index (χ1) is 8.11. The molecular formula is C11H13N3O3. The predicted molar refractivity (Wildman–Crippen MR) is 61.3 cm³/mol. The summed E-state index contributed by atoms with van der Waals surface area (Å²) in [4.78, 5) is 22.6. The molecule has 2 amide bonds. The van der Waals surface area contributed by atoms with Crippen molar-refractivity contribution in [1.29, 1.82) is 0 Å². The first-order valence-corrected chi connectivity index (χ1v) is 5.19. The van der Waals surface area contributed by atoms with Crippen LogP contribution in [-0.4, -0.2) is 18.4 Å². The molecule has 6 nitrogen and oxygen atoms in total. The van der Waals surface area contributed by atoms with E-state index >= 15 is 0 Å². The van der Waals surface area contributed by atoms with Crippen LogP contribution in [0.3, 0.4) is 0 Å². The first-order valence-electron chi connectivity index (χ1n) is 5.19. The van der Waals surface area contributed by atoms with Crippen molar-refractivity contribution in [1.82, 2.24) is 5.43 Å². The standard InChI is InChI=1S/C11H13N3O3/c1-6(11(16)14-12)7-2-3-9-8(4-7)13-10(15)5-17-9/h2-4,6H,5,12H2,1H3,(H,13,15)(H,14,16). The molecule has 0 bridgehead atoms. The van der Waals surface area contributed by atoms with Crippen LogP contribution in [0.1, 0.15) is 18.4 Å². The molecule has 0 aromatic heterocycles. The zero-order valence-electron chi connectivity index (χ0n) is 9.32. The fourth-order valence-electron chi connectivity index (χ4n) is 1.65. The number of hydrazine groups is 1. The third-order valence-corrected chi connectivity index (χ3v) is 2.67. The summed E-state index contributed by atoms with van der Waals surface area (Å²) < 4.78 is 5.22. The molecule has 1 aliphatic heterocycles. The lowest BCUT2D eigenvalue weighted by molar-refractivity contribution is -0.122. The molecule has 6 heteroatoms. The molecule has 90 valence electrons. The number of ether oxygens (including phenoxy) is 1. The Balaban J connectivity index is 2.29. The Labute approximate surface area is 98.1 Å². The van der Waals surface area contributed by atoms with Gasteiger partial charge in [-0.15, -0.1) is 0 Å². The fourth-order valence-corrected chi connectivity index (χ4v) is 1.65. The number of nitrogens with two attached hydrogens (primary N) is 1. The summed E-state index contributed by atoms with van der Waals surface area (Å²) in [7, 11) is 0. The van der Waals surface area contributed by atoms with E-state index in [0.717, 1.165) is 5.56 Å². The number of fused-ring (bicyclic) bond motifs is 1. The van der Waals surface area contributed by atoms with E-state index < -0.39 is 0 Å². The maximum absolute atomic E-state index is 11.4. The van der Waals surface area contributed by atoms with Gasteiger partial charge in [-0.1, -0.05) is 6.07 Å². The summed E-state index contributed by atoms with van der Waals surface area (Å²) in [5.74, 6) is 4.81. The number of nitrogens with one attached hydrogen (secondary N) is 2. The number of hydrogen-bond acceptors (Lipinski definition) is 4. The molecule has 1 unspecified atom stereocenters. The Morgan fingerprint density at radius 2 is 2.35 bits per heavy atom. The van der Waals surface area contributed by atoms with Crippen LogP contribution in [0.15, 0.2) is 18.2 Å². The Morgan fingerprint density at radius 1 is 1.59 bits per heavy atom. The van der Waals surface area contributed by atoms with Crippen LogP contribution in [0.5, 0.6) is 5.75 Å². The zero-order chi connectivity index (χ0) is 12.4. The third kappa shape index (κ3) is 2.21. The second-order valence-electron chi connectivity index (χ2n) is 3.82. The van der Waals surface area contributed by atoms with Crippen molar-refractivity contribution in [3.8, 4) is 5.75 Å². The molecule has 4 N–H and O–H groups in total. The molecule has 17 heavy (non-hydrogen) atoms. The minimum Gasteiger partial charge on any atom is -0.482 e. The lowest BCUT2D eigenvalue weighted by Crippen LogP contribution is -2.33. The largest absolute Gasteiger partial charge is 0.482 e. The van der Waals surface area contributed by atoms with E-state index in [-0.39, 0.29) is 24.3 Å². The number of hydrogen-bond donors (Lipinski definition) is 3. The molecule has 1 atom stereocenters. The highest BCUT2D eigenvalue weighted by Gasteiger charge is 2.19. The van der Waals surface area contributed by atoms with Gasteiger partial charge in [-0.05, 0) is 24.6 Å². The SMILES string of the molecule is CC(C(=O)NN)c1ccc2c(c1)NC(=O)CO2. The quantitative estimate of drug-likeness (QED) is 0.385. The second kappa shape index (κ2) is 4.42. The van der Waals surface area contributed by atoms with Gasteiger partial charge in [0.15, 0.2) is 6.61 Å². The molecule has 2 rings (SSSR count). The number of rotatable bonds is 2. The van der Waals surface area contributed by atoms with Crippen LogP contribution in [0.2, 0.25) is 0 Å². The Hall–Kier alpha value is -2.08. The van der Waals surface area contributed by atoms with Crippen molar-refractivity contribution in [3.05, 3.63) is 23.8 Å². The monoisotopic (exact) mass is 235 g/mol. The molecule has 1 aromatic carbocycles. The van der Waals surface area contributed by atoms with Crippen LogP contribution in [0.25, 0.3) is 0 Å². The van der Waals surface area contributed by atoms with E-state index in [1.807, 2.05) is 0 Å². The molecule has 0 fully saturated rings. The van der Waals surface area contributed by atoms with Crippen LogP contribution in [0.4, 0.5) is 5.69 Å². The fraction of sp³-hybridized carbons (Fsp3) is 0.273. The van der Waals surface area contributed by atoms with Crippen molar-refractivity contribution in [2.75, 3.05) is 11.9 Å². The minimum atomic E-state index is -0.385. The summed E-state index contributed by atoms with van der Waals surface area (Å²) in [5.41, 5.74) is 3.44. The summed E-state index contributed by atoms with van der Waals surface area (Å²) in [6.07, 6.45) is 0. The Morgan fingerprint density at radius 3 is 3.06 bits per heavy atom. The van der Waals surface area contributed by atoms with Crippen LogP contribution in [-0.2, 0) is 9.59 Å². The molecule has 0 saturated carbocycles. The zero-order valence-corrected chi connectivity index (χ0v) is 9.32. The highest BCUT2D eigenvalue weighted by atomic mass is 16.5. The second-order valence-corrected chi connectivity index (χ2v) is 3.82. The van der Waals surface area contributed by atoms with E-state index in [1.54, 1.807) is 25.1 Å². The van der Waals surface area contributed by atoms with Crippen LogP contribution < -0.4 is 21.3 Å². The maximum atomic E-state index is 11.4. The normalized spacial score (nSPS) is 15.3. The molecule has 1 aromatic rings. The summed E-state index contributed by atoms with van der Waals surface area (Å²) in [5, 5.41) is 2.69. The summed E-state index contributed by atoms with van der Waals surface area (Å²) >= 11 is 0. The number of amides is 2. The molecular weight excluding hydrogens is 222 g/mol. The third-order valence-electron chi connectivity index (χ3n) is 2.67. The van der Waals surface area contributed by atoms with Gasteiger partial charge >= 0.3 is 0 Å². The highest BCUT2D eigenvalue weighted by Crippen LogP contribution is 2.30. The molecule has 1 aliphatic rings. The van der Waals surface area contributed by atoms with Gasteiger partial charge in [-0.3, -0.25) is 15.0 Å². The molecule has 1 heterocycles. The smallest absolute Gasteiger partial charge is 0.262 e. The van der Waals surface area contributed by atoms with Crippen molar-refractivity contribution >= 4 is 17.5 Å². The lowest BCUT2D eigenvalue weighted by Gasteiger charge is -2.19. The van der Waals surface area contributed by atoms with Crippen LogP contribution in [0, 0.1) is 0 Å². The molecule has 0 radical (unpaired) electrons. The van der Waals surface area contributed by atoms with E-state index in [4.69, 9.17) is 10.6 Å². The van der Waals surface area contributed by atoms with Gasteiger partial charge in [0.2, 0.25) is 5.91 Å².